The number of anilines is 3. The van der Waals surface area contributed by atoms with Gasteiger partial charge in [-0.15, -0.1) is 0 Å². The van der Waals surface area contributed by atoms with Crippen molar-refractivity contribution in [2.24, 2.45) is 0 Å². The highest BCUT2D eigenvalue weighted by Gasteiger charge is 2.17. The number of nitrogens with zero attached hydrogens (tertiary/aromatic N) is 1. The molecule has 0 spiro atoms. The van der Waals surface area contributed by atoms with E-state index < -0.39 is 16.1 Å². The molecular formula is C20H15BrN4O3S. The fourth-order valence-corrected chi connectivity index (χ4v) is 3.92. The maximum Gasteiger partial charge on any atom is 0.323 e. The Balaban J connectivity index is 1.87. The second kappa shape index (κ2) is 8.77. The number of halogens is 1. The first-order valence-electron chi connectivity index (χ1n) is 8.33. The van der Waals surface area contributed by atoms with Gasteiger partial charge in [-0.2, -0.15) is 5.26 Å². The number of nitrogens with one attached hydrogen (secondary N) is 3. The summed E-state index contributed by atoms with van der Waals surface area (Å²) < 4.78 is 28.4. The average Bonchev–Trinajstić information content (AvgIpc) is 2.71. The molecule has 0 heterocycles. The summed E-state index contributed by atoms with van der Waals surface area (Å²) in [5.41, 5.74) is 1.07. The lowest BCUT2D eigenvalue weighted by Gasteiger charge is -2.15. The zero-order valence-corrected chi connectivity index (χ0v) is 17.3. The first kappa shape index (κ1) is 20.4. The van der Waals surface area contributed by atoms with Gasteiger partial charge in [0.2, 0.25) is 0 Å². The largest absolute Gasteiger partial charge is 0.323 e. The summed E-state index contributed by atoms with van der Waals surface area (Å²) in [6.07, 6.45) is 0. The van der Waals surface area contributed by atoms with Crippen molar-refractivity contribution in [2.45, 2.75) is 4.90 Å². The molecule has 3 aromatic rings. The normalized spacial score (nSPS) is 10.6. The summed E-state index contributed by atoms with van der Waals surface area (Å²) in [5, 5.41) is 14.4. The van der Waals surface area contributed by atoms with Crippen LogP contribution in [-0.4, -0.2) is 14.4 Å². The van der Waals surface area contributed by atoms with Gasteiger partial charge in [-0.3, -0.25) is 4.72 Å². The number of carbonyl (C=O) groups excluding carboxylic acids is 1. The molecule has 0 aliphatic carbocycles. The predicted octanol–water partition coefficient (Wildman–Crippen LogP) is 4.77. The fourth-order valence-electron chi connectivity index (χ4n) is 2.45. The van der Waals surface area contributed by atoms with Crippen molar-refractivity contribution in [3.8, 4) is 6.07 Å². The zero-order valence-electron chi connectivity index (χ0n) is 14.9. The number of hydrogen-bond acceptors (Lipinski definition) is 4. The molecule has 2 amide bonds. The average molecular weight is 471 g/mol. The highest BCUT2D eigenvalue weighted by atomic mass is 79.9. The molecular weight excluding hydrogens is 456 g/mol. The Morgan fingerprint density at radius 3 is 2.21 bits per heavy atom. The summed E-state index contributed by atoms with van der Waals surface area (Å²) in [4.78, 5) is 12.5. The van der Waals surface area contributed by atoms with Gasteiger partial charge in [0.05, 0.1) is 33.6 Å². The molecule has 146 valence electrons. The third-order valence-electron chi connectivity index (χ3n) is 3.82. The second-order valence-electron chi connectivity index (χ2n) is 5.85. The van der Waals surface area contributed by atoms with Gasteiger partial charge in [-0.25, -0.2) is 13.2 Å². The maximum atomic E-state index is 12.6. The number of urea groups is 1. The molecule has 0 unspecified atom stereocenters. The van der Waals surface area contributed by atoms with Crippen LogP contribution in [0, 0.1) is 11.3 Å². The van der Waals surface area contributed by atoms with E-state index in [0.717, 1.165) is 0 Å². The van der Waals surface area contributed by atoms with Gasteiger partial charge in [0, 0.05) is 4.47 Å². The fraction of sp³-hybridized carbons (Fsp3) is 0. The molecule has 0 radical (unpaired) electrons. The highest BCUT2D eigenvalue weighted by Crippen LogP contribution is 2.27. The molecule has 0 fully saturated rings. The van der Waals surface area contributed by atoms with Crippen molar-refractivity contribution >= 4 is 49.0 Å². The van der Waals surface area contributed by atoms with Gasteiger partial charge in [-0.1, -0.05) is 30.3 Å². The Morgan fingerprint density at radius 1 is 0.862 bits per heavy atom. The van der Waals surface area contributed by atoms with Gasteiger partial charge in [0.25, 0.3) is 10.0 Å². The third-order valence-corrected chi connectivity index (χ3v) is 5.89. The monoisotopic (exact) mass is 470 g/mol. The molecule has 7 nitrogen and oxygen atoms in total. The van der Waals surface area contributed by atoms with Crippen LogP contribution in [0.1, 0.15) is 5.56 Å². The van der Waals surface area contributed by atoms with Gasteiger partial charge in [0.15, 0.2) is 0 Å². The van der Waals surface area contributed by atoms with Gasteiger partial charge >= 0.3 is 6.03 Å². The van der Waals surface area contributed by atoms with Crippen molar-refractivity contribution in [3.63, 3.8) is 0 Å². The van der Waals surface area contributed by atoms with Crippen LogP contribution in [0.5, 0.6) is 0 Å². The van der Waals surface area contributed by atoms with Crippen molar-refractivity contribution in [1.29, 1.82) is 5.26 Å². The zero-order chi connectivity index (χ0) is 20.9. The summed E-state index contributed by atoms with van der Waals surface area (Å²) in [5.74, 6) is 0. The highest BCUT2D eigenvalue weighted by molar-refractivity contribution is 9.10. The summed E-state index contributed by atoms with van der Waals surface area (Å²) in [7, 11) is -3.90. The Kier molecular flexibility index (Phi) is 6.16. The Bertz CT molecular complexity index is 1190. The standard InChI is InChI=1S/C20H15BrN4O3S/c21-16-8-4-5-9-17(16)23-20(26)24-18-11-10-14(13-22)12-19(18)25-29(27,28)15-6-2-1-3-7-15/h1-12,25H,(H2,23,24,26). The number of sulfonamides is 1. The SMILES string of the molecule is N#Cc1ccc(NC(=O)Nc2ccccc2Br)c(NS(=O)(=O)c2ccccc2)c1. The van der Waals surface area contributed by atoms with Crippen molar-refractivity contribution in [3.05, 3.63) is 82.8 Å². The van der Waals surface area contributed by atoms with E-state index >= 15 is 0 Å². The number of hydrogen-bond donors (Lipinski definition) is 3. The summed E-state index contributed by atoms with van der Waals surface area (Å²) in [6.45, 7) is 0. The molecule has 0 atom stereocenters. The van der Waals surface area contributed by atoms with E-state index in [2.05, 4.69) is 31.3 Å². The first-order chi connectivity index (χ1) is 13.9. The van der Waals surface area contributed by atoms with Gasteiger partial charge in [0.1, 0.15) is 0 Å². The topological polar surface area (TPSA) is 111 Å². The van der Waals surface area contributed by atoms with Crippen LogP contribution < -0.4 is 15.4 Å². The molecule has 0 aliphatic rings. The lowest BCUT2D eigenvalue weighted by Crippen LogP contribution is -2.21. The van der Waals surface area contributed by atoms with Crippen LogP contribution in [0.2, 0.25) is 0 Å². The predicted molar refractivity (Wildman–Crippen MR) is 115 cm³/mol. The molecule has 3 rings (SSSR count). The minimum atomic E-state index is -3.90. The Hall–Kier alpha value is -3.35. The Labute approximate surface area is 176 Å². The molecule has 0 saturated heterocycles. The molecule has 0 bridgehead atoms. The van der Waals surface area contributed by atoms with Crippen LogP contribution >= 0.6 is 15.9 Å². The lowest BCUT2D eigenvalue weighted by atomic mass is 10.2. The van der Waals surface area contributed by atoms with E-state index in [1.54, 1.807) is 36.4 Å². The van der Waals surface area contributed by atoms with E-state index in [-0.39, 0.29) is 21.8 Å². The number of carbonyl (C=O) groups is 1. The van der Waals surface area contributed by atoms with E-state index in [1.165, 1.54) is 30.3 Å². The molecule has 0 aromatic heterocycles. The first-order valence-corrected chi connectivity index (χ1v) is 10.6. The maximum absolute atomic E-state index is 12.6. The van der Waals surface area contributed by atoms with Crippen molar-refractivity contribution in [2.75, 3.05) is 15.4 Å². The lowest BCUT2D eigenvalue weighted by molar-refractivity contribution is 0.262. The molecule has 29 heavy (non-hydrogen) atoms. The number of para-hydroxylation sites is 1. The number of rotatable bonds is 5. The molecule has 9 heteroatoms. The molecule has 3 N–H and O–H groups in total. The minimum absolute atomic E-state index is 0.0611. The van der Waals surface area contributed by atoms with E-state index in [9.17, 15) is 13.2 Å². The van der Waals surface area contributed by atoms with Crippen molar-refractivity contribution < 1.29 is 13.2 Å². The van der Waals surface area contributed by atoms with E-state index in [4.69, 9.17) is 5.26 Å². The van der Waals surface area contributed by atoms with Crippen LogP contribution in [0.15, 0.2) is 82.2 Å². The summed E-state index contributed by atoms with van der Waals surface area (Å²) >= 11 is 3.34. The molecule has 0 saturated carbocycles. The van der Waals surface area contributed by atoms with Crippen LogP contribution in [0.25, 0.3) is 0 Å². The molecule has 3 aromatic carbocycles. The quantitative estimate of drug-likeness (QED) is 0.498. The van der Waals surface area contributed by atoms with Gasteiger partial charge < -0.3 is 10.6 Å². The molecule has 0 aliphatic heterocycles. The minimum Gasteiger partial charge on any atom is -0.307 e. The van der Waals surface area contributed by atoms with Gasteiger partial charge in [-0.05, 0) is 58.4 Å². The van der Waals surface area contributed by atoms with Crippen LogP contribution in [0.3, 0.4) is 0 Å². The number of amides is 2. The van der Waals surface area contributed by atoms with Crippen LogP contribution in [-0.2, 0) is 10.0 Å². The van der Waals surface area contributed by atoms with E-state index in [0.29, 0.717) is 10.2 Å². The Morgan fingerprint density at radius 2 is 1.52 bits per heavy atom. The van der Waals surface area contributed by atoms with Crippen molar-refractivity contribution in [1.82, 2.24) is 0 Å². The number of nitriles is 1. The summed E-state index contributed by atoms with van der Waals surface area (Å²) in [6, 6.07) is 20.5. The van der Waals surface area contributed by atoms with Crippen LogP contribution in [0.4, 0.5) is 21.9 Å². The van der Waals surface area contributed by atoms with E-state index in [1.807, 2.05) is 12.1 Å². The third kappa shape index (κ3) is 5.13. The second-order valence-corrected chi connectivity index (χ2v) is 8.39. The smallest absolute Gasteiger partial charge is 0.307 e. The number of benzene rings is 3.